The Hall–Kier alpha value is -2.05. The predicted octanol–water partition coefficient (Wildman–Crippen LogP) is 6.99. The van der Waals surface area contributed by atoms with Crippen molar-refractivity contribution in [2.45, 2.75) is 64.6 Å². The molecule has 0 N–H and O–H groups in total. The van der Waals surface area contributed by atoms with E-state index in [-0.39, 0.29) is 28.5 Å². The van der Waals surface area contributed by atoms with E-state index >= 15 is 0 Å². The van der Waals surface area contributed by atoms with Gasteiger partial charge in [-0.1, -0.05) is 44.4 Å². The van der Waals surface area contributed by atoms with E-state index in [2.05, 4.69) is 6.92 Å². The Morgan fingerprint density at radius 2 is 1.81 bits per heavy atom. The standard InChI is InChI=1S/C25H31F3O3/c1-3-5-6-7-14-30-18-9-13-22(31-16-18)20-11-10-19(24(27)25(20)28)17-8-12-23(29-4-2)21(26)15-17/h8,10-12,15,18,22H,3-7,9,13-14,16H2,1-2H3. The average Bonchev–Trinajstić information content (AvgIpc) is 2.78. The van der Waals surface area contributed by atoms with Gasteiger partial charge in [-0.15, -0.1) is 0 Å². The van der Waals surface area contributed by atoms with Gasteiger partial charge in [0, 0.05) is 17.7 Å². The van der Waals surface area contributed by atoms with Gasteiger partial charge in [0.15, 0.2) is 23.2 Å². The molecule has 0 aliphatic carbocycles. The third-order valence-corrected chi connectivity index (χ3v) is 5.59. The number of benzene rings is 2. The molecule has 2 aromatic carbocycles. The fourth-order valence-electron chi connectivity index (χ4n) is 3.86. The summed E-state index contributed by atoms with van der Waals surface area (Å²) in [6.07, 6.45) is 5.36. The average molecular weight is 437 g/mol. The molecule has 0 saturated carbocycles. The quantitative estimate of drug-likeness (QED) is 0.376. The number of unbranched alkanes of at least 4 members (excludes halogenated alkanes) is 3. The summed E-state index contributed by atoms with van der Waals surface area (Å²) in [6, 6.07) is 7.10. The predicted molar refractivity (Wildman–Crippen MR) is 115 cm³/mol. The summed E-state index contributed by atoms with van der Waals surface area (Å²) in [6.45, 7) is 5.30. The summed E-state index contributed by atoms with van der Waals surface area (Å²) in [5, 5.41) is 0. The van der Waals surface area contributed by atoms with Gasteiger partial charge in [-0.2, -0.15) is 0 Å². The fraction of sp³-hybridized carbons (Fsp3) is 0.520. The van der Waals surface area contributed by atoms with E-state index in [9.17, 15) is 13.2 Å². The Bertz CT molecular complexity index is 848. The second kappa shape index (κ2) is 11.5. The minimum absolute atomic E-state index is 0.00288. The van der Waals surface area contributed by atoms with Crippen molar-refractivity contribution in [2.24, 2.45) is 0 Å². The van der Waals surface area contributed by atoms with Crippen molar-refractivity contribution in [2.75, 3.05) is 19.8 Å². The zero-order chi connectivity index (χ0) is 22.2. The van der Waals surface area contributed by atoms with Crippen LogP contribution in [0.4, 0.5) is 13.2 Å². The second-order valence-electron chi connectivity index (χ2n) is 7.86. The highest BCUT2D eigenvalue weighted by Crippen LogP contribution is 2.35. The van der Waals surface area contributed by atoms with Crippen molar-refractivity contribution in [3.63, 3.8) is 0 Å². The molecule has 6 heteroatoms. The smallest absolute Gasteiger partial charge is 0.167 e. The topological polar surface area (TPSA) is 27.7 Å². The van der Waals surface area contributed by atoms with Gasteiger partial charge in [-0.05, 0) is 43.9 Å². The first-order valence-corrected chi connectivity index (χ1v) is 11.2. The van der Waals surface area contributed by atoms with Gasteiger partial charge in [0.1, 0.15) is 0 Å². The van der Waals surface area contributed by atoms with Crippen LogP contribution in [0.15, 0.2) is 30.3 Å². The van der Waals surface area contributed by atoms with Crippen LogP contribution in [0.2, 0.25) is 0 Å². The van der Waals surface area contributed by atoms with Gasteiger partial charge in [-0.3, -0.25) is 0 Å². The largest absolute Gasteiger partial charge is 0.491 e. The zero-order valence-electron chi connectivity index (χ0n) is 18.3. The fourth-order valence-corrected chi connectivity index (χ4v) is 3.86. The molecule has 0 bridgehead atoms. The molecule has 2 unspecified atom stereocenters. The van der Waals surface area contributed by atoms with Gasteiger partial charge >= 0.3 is 0 Å². The minimum atomic E-state index is -1.00. The molecule has 0 amide bonds. The third-order valence-electron chi connectivity index (χ3n) is 5.59. The van der Waals surface area contributed by atoms with Gasteiger partial charge in [-0.25, -0.2) is 13.2 Å². The molecule has 3 nitrogen and oxygen atoms in total. The second-order valence-corrected chi connectivity index (χ2v) is 7.86. The first-order valence-electron chi connectivity index (χ1n) is 11.2. The van der Waals surface area contributed by atoms with Crippen molar-refractivity contribution in [1.82, 2.24) is 0 Å². The van der Waals surface area contributed by atoms with E-state index in [0.29, 0.717) is 26.2 Å². The van der Waals surface area contributed by atoms with E-state index in [4.69, 9.17) is 14.2 Å². The van der Waals surface area contributed by atoms with E-state index in [0.717, 1.165) is 25.3 Å². The van der Waals surface area contributed by atoms with Crippen molar-refractivity contribution in [3.8, 4) is 16.9 Å². The van der Waals surface area contributed by atoms with Crippen molar-refractivity contribution in [3.05, 3.63) is 53.3 Å². The number of hydrogen-bond donors (Lipinski definition) is 0. The highest BCUT2D eigenvalue weighted by molar-refractivity contribution is 5.66. The Morgan fingerprint density at radius 1 is 0.968 bits per heavy atom. The van der Waals surface area contributed by atoms with Crippen LogP contribution in [0.25, 0.3) is 11.1 Å². The number of ether oxygens (including phenoxy) is 3. The molecule has 0 radical (unpaired) electrons. The van der Waals surface area contributed by atoms with E-state index in [1.165, 1.54) is 37.1 Å². The third kappa shape index (κ3) is 6.01. The van der Waals surface area contributed by atoms with Crippen molar-refractivity contribution in [1.29, 1.82) is 0 Å². The van der Waals surface area contributed by atoms with E-state index in [1.807, 2.05) is 0 Å². The lowest BCUT2D eigenvalue weighted by Crippen LogP contribution is -2.28. The molecule has 2 aromatic rings. The Kier molecular flexibility index (Phi) is 8.79. The number of rotatable bonds is 10. The molecular weight excluding hydrogens is 405 g/mol. The molecule has 1 heterocycles. The number of halogens is 3. The molecule has 3 rings (SSSR count). The Labute approximate surface area is 182 Å². The first-order chi connectivity index (χ1) is 15.0. The van der Waals surface area contributed by atoms with Gasteiger partial charge < -0.3 is 14.2 Å². The summed E-state index contributed by atoms with van der Waals surface area (Å²) in [5.41, 5.74) is 0.450. The van der Waals surface area contributed by atoms with E-state index in [1.54, 1.807) is 6.92 Å². The lowest BCUT2D eigenvalue weighted by Gasteiger charge is -2.29. The molecule has 1 saturated heterocycles. The van der Waals surface area contributed by atoms with Gasteiger partial charge in [0.2, 0.25) is 0 Å². The highest BCUT2D eigenvalue weighted by Gasteiger charge is 2.27. The lowest BCUT2D eigenvalue weighted by atomic mass is 9.96. The summed E-state index contributed by atoms with van der Waals surface area (Å²) in [5.74, 6) is -2.48. The van der Waals surface area contributed by atoms with Crippen LogP contribution in [0.3, 0.4) is 0 Å². The SMILES string of the molecule is CCCCCCOC1CCC(c2ccc(-c3ccc(OCC)c(F)c3)c(F)c2F)OC1. The minimum Gasteiger partial charge on any atom is -0.491 e. The maximum atomic E-state index is 14.8. The summed E-state index contributed by atoms with van der Waals surface area (Å²) >= 11 is 0. The lowest BCUT2D eigenvalue weighted by molar-refractivity contribution is -0.0883. The van der Waals surface area contributed by atoms with Crippen LogP contribution in [0.5, 0.6) is 5.75 Å². The molecule has 31 heavy (non-hydrogen) atoms. The maximum absolute atomic E-state index is 14.8. The molecule has 0 aromatic heterocycles. The normalized spacial score (nSPS) is 18.9. The van der Waals surface area contributed by atoms with Crippen LogP contribution >= 0.6 is 0 Å². The van der Waals surface area contributed by atoms with Crippen LogP contribution in [-0.2, 0) is 9.47 Å². The summed E-state index contributed by atoms with van der Waals surface area (Å²) in [4.78, 5) is 0. The van der Waals surface area contributed by atoms with Crippen LogP contribution in [-0.4, -0.2) is 25.9 Å². The Balaban J connectivity index is 1.63. The van der Waals surface area contributed by atoms with Crippen molar-refractivity contribution >= 4 is 0 Å². The zero-order valence-corrected chi connectivity index (χ0v) is 18.3. The van der Waals surface area contributed by atoms with Crippen LogP contribution in [0, 0.1) is 17.5 Å². The monoisotopic (exact) mass is 436 g/mol. The molecule has 2 atom stereocenters. The molecular formula is C25H31F3O3. The maximum Gasteiger partial charge on any atom is 0.167 e. The Morgan fingerprint density at radius 3 is 2.48 bits per heavy atom. The molecule has 1 aliphatic rings. The van der Waals surface area contributed by atoms with Gasteiger partial charge in [0.25, 0.3) is 0 Å². The molecule has 0 spiro atoms. The van der Waals surface area contributed by atoms with Gasteiger partial charge in [0.05, 0.1) is 25.4 Å². The van der Waals surface area contributed by atoms with Crippen LogP contribution in [0.1, 0.15) is 64.0 Å². The molecule has 170 valence electrons. The number of hydrogen-bond acceptors (Lipinski definition) is 3. The van der Waals surface area contributed by atoms with Crippen LogP contribution < -0.4 is 4.74 Å². The van der Waals surface area contributed by atoms with Crippen molar-refractivity contribution < 1.29 is 27.4 Å². The summed E-state index contributed by atoms with van der Waals surface area (Å²) < 4.78 is 60.6. The first kappa shape index (κ1) is 23.6. The highest BCUT2D eigenvalue weighted by atomic mass is 19.2. The summed E-state index contributed by atoms with van der Waals surface area (Å²) in [7, 11) is 0. The van der Waals surface area contributed by atoms with E-state index < -0.39 is 23.6 Å². The molecule has 1 aliphatic heterocycles. The molecule has 1 fully saturated rings.